The number of fused-ring (bicyclic) bond motifs is 2. The summed E-state index contributed by atoms with van der Waals surface area (Å²) in [6.07, 6.45) is 3.71. The van der Waals surface area contributed by atoms with E-state index in [0.29, 0.717) is 0 Å². The summed E-state index contributed by atoms with van der Waals surface area (Å²) in [5.41, 5.74) is 2.30. The molecule has 72 valence electrons. The third-order valence-corrected chi connectivity index (χ3v) is 2.79. The fourth-order valence-corrected chi connectivity index (χ4v) is 1.98. The van der Waals surface area contributed by atoms with Crippen LogP contribution in [0.2, 0.25) is 0 Å². The molecule has 0 amide bonds. The Morgan fingerprint density at radius 2 is 2.29 bits per heavy atom. The second-order valence-electron chi connectivity index (χ2n) is 3.76. The Hall–Kier alpha value is -1.58. The summed E-state index contributed by atoms with van der Waals surface area (Å²) in [4.78, 5) is 13.2. The van der Waals surface area contributed by atoms with E-state index in [1.54, 1.807) is 6.20 Å². The summed E-state index contributed by atoms with van der Waals surface area (Å²) in [5, 5.41) is 0. The van der Waals surface area contributed by atoms with Crippen LogP contribution in [0.15, 0.2) is 23.5 Å². The van der Waals surface area contributed by atoms with Crippen LogP contribution in [-0.2, 0) is 6.54 Å². The highest BCUT2D eigenvalue weighted by atomic mass is 15.4. The number of rotatable bonds is 0. The van der Waals surface area contributed by atoms with E-state index in [0.717, 1.165) is 31.3 Å². The SMILES string of the molecule is CN1CCN2Cc3cnccc3N=C12. The molecule has 0 atom stereocenters. The number of hydrogen-bond donors (Lipinski definition) is 0. The average molecular weight is 188 g/mol. The van der Waals surface area contributed by atoms with Crippen LogP contribution in [0, 0.1) is 0 Å². The van der Waals surface area contributed by atoms with Crippen molar-refractivity contribution in [3.63, 3.8) is 0 Å². The number of likely N-dealkylation sites (N-methyl/N-ethyl adjacent to an activating group) is 1. The summed E-state index contributed by atoms with van der Waals surface area (Å²) in [6, 6.07) is 1.98. The van der Waals surface area contributed by atoms with E-state index < -0.39 is 0 Å². The molecule has 0 aromatic carbocycles. The van der Waals surface area contributed by atoms with Gasteiger partial charge in [0, 0.05) is 44.6 Å². The highest BCUT2D eigenvalue weighted by Crippen LogP contribution is 2.27. The van der Waals surface area contributed by atoms with E-state index in [1.807, 2.05) is 12.3 Å². The lowest BCUT2D eigenvalue weighted by atomic mass is 10.2. The van der Waals surface area contributed by atoms with Crippen molar-refractivity contribution in [2.24, 2.45) is 4.99 Å². The van der Waals surface area contributed by atoms with Crippen molar-refractivity contribution in [1.29, 1.82) is 0 Å². The van der Waals surface area contributed by atoms with E-state index in [1.165, 1.54) is 5.56 Å². The molecule has 1 fully saturated rings. The molecule has 1 aromatic heterocycles. The van der Waals surface area contributed by atoms with Crippen molar-refractivity contribution in [2.75, 3.05) is 20.1 Å². The first-order valence-corrected chi connectivity index (χ1v) is 4.82. The van der Waals surface area contributed by atoms with Gasteiger partial charge in [-0.15, -0.1) is 0 Å². The summed E-state index contributed by atoms with van der Waals surface area (Å²) < 4.78 is 0. The first kappa shape index (κ1) is 7.79. The summed E-state index contributed by atoms with van der Waals surface area (Å²) in [5.74, 6) is 1.10. The second-order valence-corrected chi connectivity index (χ2v) is 3.76. The molecule has 0 radical (unpaired) electrons. The van der Waals surface area contributed by atoms with Gasteiger partial charge in [-0.2, -0.15) is 0 Å². The molecule has 0 aliphatic carbocycles. The van der Waals surface area contributed by atoms with Crippen LogP contribution >= 0.6 is 0 Å². The number of pyridine rings is 1. The number of guanidine groups is 1. The van der Waals surface area contributed by atoms with Crippen molar-refractivity contribution in [3.8, 4) is 0 Å². The molecular formula is C10H12N4. The van der Waals surface area contributed by atoms with Crippen molar-refractivity contribution >= 4 is 11.6 Å². The highest BCUT2D eigenvalue weighted by Gasteiger charge is 2.27. The first-order chi connectivity index (χ1) is 6.84. The fourth-order valence-electron chi connectivity index (χ4n) is 1.98. The van der Waals surface area contributed by atoms with Gasteiger partial charge in [0.1, 0.15) is 0 Å². The minimum atomic E-state index is 0.951. The Bertz CT molecular complexity index is 399. The van der Waals surface area contributed by atoms with Gasteiger partial charge in [-0.25, -0.2) is 4.99 Å². The van der Waals surface area contributed by atoms with Gasteiger partial charge in [-0.05, 0) is 6.07 Å². The maximum Gasteiger partial charge on any atom is 0.202 e. The van der Waals surface area contributed by atoms with E-state index >= 15 is 0 Å². The maximum absolute atomic E-state index is 4.62. The molecule has 0 unspecified atom stereocenters. The van der Waals surface area contributed by atoms with Gasteiger partial charge >= 0.3 is 0 Å². The van der Waals surface area contributed by atoms with E-state index in [4.69, 9.17) is 0 Å². The Kier molecular flexibility index (Phi) is 1.50. The molecule has 3 rings (SSSR count). The molecule has 1 saturated heterocycles. The third kappa shape index (κ3) is 0.999. The zero-order valence-electron chi connectivity index (χ0n) is 8.14. The van der Waals surface area contributed by atoms with Crippen molar-refractivity contribution in [3.05, 3.63) is 24.0 Å². The van der Waals surface area contributed by atoms with Crippen molar-refractivity contribution in [1.82, 2.24) is 14.8 Å². The molecule has 1 aromatic rings. The lowest BCUT2D eigenvalue weighted by Gasteiger charge is -2.25. The van der Waals surface area contributed by atoms with Crippen LogP contribution in [0.1, 0.15) is 5.56 Å². The lowest BCUT2D eigenvalue weighted by Crippen LogP contribution is -2.32. The van der Waals surface area contributed by atoms with Gasteiger partial charge in [0.05, 0.1) is 5.69 Å². The van der Waals surface area contributed by atoms with Gasteiger partial charge in [-0.3, -0.25) is 4.98 Å². The van der Waals surface area contributed by atoms with Crippen LogP contribution in [0.4, 0.5) is 5.69 Å². The fraction of sp³-hybridized carbons (Fsp3) is 0.400. The van der Waals surface area contributed by atoms with Crippen LogP contribution in [-0.4, -0.2) is 40.9 Å². The van der Waals surface area contributed by atoms with Crippen molar-refractivity contribution < 1.29 is 0 Å². The molecule has 3 heterocycles. The largest absolute Gasteiger partial charge is 0.344 e. The smallest absolute Gasteiger partial charge is 0.202 e. The molecule has 2 aliphatic rings. The molecule has 0 spiro atoms. The summed E-state index contributed by atoms with van der Waals surface area (Å²) in [6.45, 7) is 3.09. The van der Waals surface area contributed by atoms with Gasteiger partial charge in [0.25, 0.3) is 0 Å². The molecule has 2 aliphatic heterocycles. The Morgan fingerprint density at radius 1 is 1.36 bits per heavy atom. The molecule has 0 bridgehead atoms. The summed E-state index contributed by atoms with van der Waals surface area (Å²) >= 11 is 0. The molecule has 14 heavy (non-hydrogen) atoms. The minimum absolute atomic E-state index is 0.951. The summed E-state index contributed by atoms with van der Waals surface area (Å²) in [7, 11) is 2.09. The van der Waals surface area contributed by atoms with Gasteiger partial charge < -0.3 is 9.80 Å². The van der Waals surface area contributed by atoms with E-state index in [2.05, 4.69) is 26.8 Å². The number of nitrogens with zero attached hydrogens (tertiary/aromatic N) is 4. The Labute approximate surface area is 82.9 Å². The van der Waals surface area contributed by atoms with Gasteiger partial charge in [-0.1, -0.05) is 0 Å². The standard InChI is InChI=1S/C10H12N4/c1-13-4-5-14-7-8-6-11-3-2-9(8)12-10(13)14/h2-3,6H,4-5,7H2,1H3. The van der Waals surface area contributed by atoms with E-state index in [9.17, 15) is 0 Å². The predicted octanol–water partition coefficient (Wildman–Crippen LogP) is 0.830. The number of hydrogen-bond acceptors (Lipinski definition) is 4. The van der Waals surface area contributed by atoms with Gasteiger partial charge in [0.15, 0.2) is 0 Å². The van der Waals surface area contributed by atoms with E-state index in [-0.39, 0.29) is 0 Å². The molecule has 0 N–H and O–H groups in total. The van der Waals surface area contributed by atoms with Crippen LogP contribution in [0.3, 0.4) is 0 Å². The number of aromatic nitrogens is 1. The number of aliphatic imine (C=N–C) groups is 1. The zero-order valence-corrected chi connectivity index (χ0v) is 8.14. The topological polar surface area (TPSA) is 31.7 Å². The maximum atomic E-state index is 4.62. The second kappa shape index (κ2) is 2.70. The minimum Gasteiger partial charge on any atom is -0.344 e. The molecular weight excluding hydrogens is 176 g/mol. The van der Waals surface area contributed by atoms with Crippen molar-refractivity contribution in [2.45, 2.75) is 6.54 Å². The third-order valence-electron chi connectivity index (χ3n) is 2.79. The highest BCUT2D eigenvalue weighted by molar-refractivity contribution is 5.86. The monoisotopic (exact) mass is 188 g/mol. The Balaban J connectivity index is 2.09. The van der Waals surface area contributed by atoms with Crippen LogP contribution < -0.4 is 0 Å². The zero-order chi connectivity index (χ0) is 9.54. The first-order valence-electron chi connectivity index (χ1n) is 4.82. The predicted molar refractivity (Wildman–Crippen MR) is 54.4 cm³/mol. The van der Waals surface area contributed by atoms with Gasteiger partial charge in [0.2, 0.25) is 5.96 Å². The Morgan fingerprint density at radius 3 is 3.21 bits per heavy atom. The quantitative estimate of drug-likeness (QED) is 0.604. The average Bonchev–Trinajstić information content (AvgIpc) is 2.57. The normalized spacial score (nSPS) is 19.1. The van der Waals surface area contributed by atoms with Crippen LogP contribution in [0.25, 0.3) is 0 Å². The molecule has 4 nitrogen and oxygen atoms in total. The molecule has 4 heteroatoms. The van der Waals surface area contributed by atoms with Crippen LogP contribution in [0.5, 0.6) is 0 Å². The molecule has 0 saturated carbocycles. The lowest BCUT2D eigenvalue weighted by molar-refractivity contribution is 0.450.